The van der Waals surface area contributed by atoms with Gasteiger partial charge in [-0.2, -0.15) is 0 Å². The molecule has 0 unspecified atom stereocenters. The summed E-state index contributed by atoms with van der Waals surface area (Å²) in [5.41, 5.74) is 0.143. The molecule has 2 aromatic carbocycles. The molecule has 1 heterocycles. The summed E-state index contributed by atoms with van der Waals surface area (Å²) in [5.74, 6) is -2.31. The number of ether oxygens (including phenoxy) is 1. The van der Waals surface area contributed by atoms with Crippen molar-refractivity contribution in [3.63, 3.8) is 0 Å². The predicted octanol–water partition coefficient (Wildman–Crippen LogP) is 3.24. The lowest BCUT2D eigenvalue weighted by molar-refractivity contribution is -0.384. The molecule has 0 saturated heterocycles. The van der Waals surface area contributed by atoms with E-state index >= 15 is 0 Å². The minimum Gasteiger partial charge on any atom is -0.459 e. The van der Waals surface area contributed by atoms with Crippen LogP contribution < -0.4 is 0 Å². The van der Waals surface area contributed by atoms with Crippen molar-refractivity contribution >= 4 is 46.7 Å². The second kappa shape index (κ2) is 7.34. The van der Waals surface area contributed by atoms with Crippen LogP contribution in [0, 0.1) is 10.1 Å². The van der Waals surface area contributed by atoms with E-state index in [9.17, 15) is 24.5 Å². The SMILES string of the molecule is O=C(CN1C(=O)c2ccc([N+](=O)[O-])cc2C1=O)OCc1ccc(Cl)c(Cl)c1. The summed E-state index contributed by atoms with van der Waals surface area (Å²) in [4.78, 5) is 47.4. The minimum absolute atomic E-state index is 0.00267. The first-order chi connectivity index (χ1) is 12.8. The minimum atomic E-state index is -0.815. The van der Waals surface area contributed by atoms with Gasteiger partial charge in [-0.25, -0.2) is 0 Å². The number of nitro groups is 1. The topological polar surface area (TPSA) is 107 Å². The number of benzene rings is 2. The van der Waals surface area contributed by atoms with E-state index in [1.165, 1.54) is 12.1 Å². The Morgan fingerprint density at radius 1 is 1.04 bits per heavy atom. The zero-order valence-corrected chi connectivity index (χ0v) is 15.0. The van der Waals surface area contributed by atoms with E-state index in [2.05, 4.69) is 0 Å². The third-order valence-electron chi connectivity index (χ3n) is 3.84. The predicted molar refractivity (Wildman–Crippen MR) is 94.7 cm³/mol. The molecule has 0 saturated carbocycles. The number of rotatable bonds is 5. The van der Waals surface area contributed by atoms with Crippen LogP contribution in [0.25, 0.3) is 0 Å². The van der Waals surface area contributed by atoms with Crippen LogP contribution in [-0.2, 0) is 16.1 Å². The molecule has 8 nitrogen and oxygen atoms in total. The number of fused-ring (bicyclic) bond motifs is 1. The number of esters is 1. The van der Waals surface area contributed by atoms with E-state index < -0.39 is 29.3 Å². The molecule has 138 valence electrons. The van der Waals surface area contributed by atoms with E-state index in [1.54, 1.807) is 12.1 Å². The summed E-state index contributed by atoms with van der Waals surface area (Å²) in [5, 5.41) is 11.5. The Bertz CT molecular complexity index is 991. The molecule has 2 aromatic rings. The van der Waals surface area contributed by atoms with E-state index in [1.807, 2.05) is 0 Å². The summed E-state index contributed by atoms with van der Waals surface area (Å²) in [6.07, 6.45) is 0. The van der Waals surface area contributed by atoms with Crippen LogP contribution >= 0.6 is 23.2 Å². The number of carbonyl (C=O) groups is 3. The fourth-order valence-electron chi connectivity index (χ4n) is 2.50. The van der Waals surface area contributed by atoms with Crippen molar-refractivity contribution in [3.8, 4) is 0 Å². The van der Waals surface area contributed by atoms with Crippen LogP contribution in [0.3, 0.4) is 0 Å². The van der Waals surface area contributed by atoms with Gasteiger partial charge in [0.1, 0.15) is 13.2 Å². The van der Waals surface area contributed by atoms with E-state index in [-0.39, 0.29) is 23.4 Å². The lowest BCUT2D eigenvalue weighted by Gasteiger charge is -2.13. The summed E-state index contributed by atoms with van der Waals surface area (Å²) < 4.78 is 5.05. The molecule has 27 heavy (non-hydrogen) atoms. The Morgan fingerprint density at radius 3 is 2.41 bits per heavy atom. The largest absolute Gasteiger partial charge is 0.459 e. The molecule has 0 aliphatic carbocycles. The van der Waals surface area contributed by atoms with Crippen LogP contribution in [0.1, 0.15) is 26.3 Å². The lowest BCUT2D eigenvalue weighted by atomic mass is 10.1. The van der Waals surface area contributed by atoms with Gasteiger partial charge in [-0.3, -0.25) is 29.4 Å². The molecule has 3 rings (SSSR count). The zero-order chi connectivity index (χ0) is 19.7. The van der Waals surface area contributed by atoms with Crippen molar-refractivity contribution in [1.82, 2.24) is 4.90 Å². The fourth-order valence-corrected chi connectivity index (χ4v) is 2.82. The van der Waals surface area contributed by atoms with Gasteiger partial charge in [0.2, 0.25) is 0 Å². The quantitative estimate of drug-likeness (QED) is 0.325. The molecule has 0 radical (unpaired) electrons. The first-order valence-electron chi connectivity index (χ1n) is 7.52. The number of hydrogen-bond donors (Lipinski definition) is 0. The standard InChI is InChI=1S/C17H10Cl2N2O6/c18-13-4-1-9(5-14(13)19)8-27-15(22)7-20-16(23)11-3-2-10(21(25)26)6-12(11)17(20)24/h1-6H,7-8H2. The summed E-state index contributed by atoms with van der Waals surface area (Å²) >= 11 is 11.7. The Labute approximate surface area is 162 Å². The highest BCUT2D eigenvalue weighted by Gasteiger charge is 2.38. The molecule has 1 aliphatic rings. The molecular formula is C17H10Cl2N2O6. The highest BCUT2D eigenvalue weighted by molar-refractivity contribution is 6.42. The van der Waals surface area contributed by atoms with Crippen LogP contribution in [0.15, 0.2) is 36.4 Å². The zero-order valence-electron chi connectivity index (χ0n) is 13.5. The second-order valence-corrected chi connectivity index (χ2v) is 6.41. The maximum absolute atomic E-state index is 12.3. The van der Waals surface area contributed by atoms with Gasteiger partial charge in [0.25, 0.3) is 17.5 Å². The number of amides is 2. The number of hydrogen-bond acceptors (Lipinski definition) is 6. The van der Waals surface area contributed by atoms with Gasteiger partial charge in [0.15, 0.2) is 0 Å². The molecule has 1 aliphatic heterocycles. The maximum Gasteiger partial charge on any atom is 0.326 e. The van der Waals surface area contributed by atoms with Gasteiger partial charge < -0.3 is 4.74 Å². The first kappa shape index (κ1) is 18.8. The van der Waals surface area contributed by atoms with Crippen LogP contribution in [0.2, 0.25) is 10.0 Å². The van der Waals surface area contributed by atoms with Crippen molar-refractivity contribution in [2.45, 2.75) is 6.61 Å². The van der Waals surface area contributed by atoms with E-state index in [0.29, 0.717) is 20.5 Å². The van der Waals surface area contributed by atoms with Crippen molar-refractivity contribution < 1.29 is 24.0 Å². The van der Waals surface area contributed by atoms with Gasteiger partial charge >= 0.3 is 5.97 Å². The smallest absolute Gasteiger partial charge is 0.326 e. The molecule has 10 heteroatoms. The monoisotopic (exact) mass is 408 g/mol. The normalized spacial score (nSPS) is 12.9. The van der Waals surface area contributed by atoms with E-state index in [4.69, 9.17) is 27.9 Å². The van der Waals surface area contributed by atoms with Crippen LogP contribution in [0.5, 0.6) is 0 Å². The number of halogens is 2. The summed E-state index contributed by atoms with van der Waals surface area (Å²) in [7, 11) is 0. The van der Waals surface area contributed by atoms with Crippen LogP contribution in [-0.4, -0.2) is 34.2 Å². The highest BCUT2D eigenvalue weighted by Crippen LogP contribution is 2.27. The third-order valence-corrected chi connectivity index (χ3v) is 4.58. The fraction of sp³-hybridized carbons (Fsp3) is 0.118. The first-order valence-corrected chi connectivity index (χ1v) is 8.27. The summed E-state index contributed by atoms with van der Waals surface area (Å²) in [6, 6.07) is 8.01. The molecule has 0 aromatic heterocycles. The molecule has 0 fully saturated rings. The third kappa shape index (κ3) is 3.76. The summed E-state index contributed by atoms with van der Waals surface area (Å²) in [6.45, 7) is -0.730. The molecule has 2 amide bonds. The average Bonchev–Trinajstić information content (AvgIpc) is 2.87. The van der Waals surface area contributed by atoms with Gasteiger partial charge in [0, 0.05) is 12.1 Å². The molecule has 0 N–H and O–H groups in total. The van der Waals surface area contributed by atoms with E-state index in [0.717, 1.165) is 12.1 Å². The van der Waals surface area contributed by atoms with Crippen molar-refractivity contribution in [3.05, 3.63) is 73.2 Å². The van der Waals surface area contributed by atoms with Gasteiger partial charge in [0.05, 0.1) is 26.1 Å². The molecular weight excluding hydrogens is 399 g/mol. The van der Waals surface area contributed by atoms with Crippen molar-refractivity contribution in [2.24, 2.45) is 0 Å². The number of non-ortho nitro benzene ring substituents is 1. The number of nitro benzene ring substituents is 1. The number of carbonyl (C=O) groups excluding carboxylic acids is 3. The molecule has 0 spiro atoms. The number of nitrogens with zero attached hydrogens (tertiary/aromatic N) is 2. The Morgan fingerprint density at radius 2 is 1.74 bits per heavy atom. The molecule has 0 atom stereocenters. The maximum atomic E-state index is 12.3. The Kier molecular flexibility index (Phi) is 5.11. The molecule has 0 bridgehead atoms. The van der Waals surface area contributed by atoms with Crippen LogP contribution in [0.4, 0.5) is 5.69 Å². The highest BCUT2D eigenvalue weighted by atomic mass is 35.5. The van der Waals surface area contributed by atoms with Gasteiger partial charge in [-0.05, 0) is 23.8 Å². The average molecular weight is 409 g/mol. The Balaban J connectivity index is 1.67. The van der Waals surface area contributed by atoms with Gasteiger partial charge in [-0.1, -0.05) is 29.3 Å². The number of imide groups is 1. The van der Waals surface area contributed by atoms with Gasteiger partial charge in [-0.15, -0.1) is 0 Å². The lowest BCUT2D eigenvalue weighted by Crippen LogP contribution is -2.35. The second-order valence-electron chi connectivity index (χ2n) is 5.59. The van der Waals surface area contributed by atoms with Crippen molar-refractivity contribution in [1.29, 1.82) is 0 Å². The Hall–Kier alpha value is -2.97. The van der Waals surface area contributed by atoms with Crippen molar-refractivity contribution in [2.75, 3.05) is 6.54 Å².